The van der Waals surface area contributed by atoms with Crippen LogP contribution in [0.4, 0.5) is 5.13 Å². The molecule has 19 heavy (non-hydrogen) atoms. The van der Waals surface area contributed by atoms with Crippen molar-refractivity contribution in [2.24, 2.45) is 0 Å². The lowest BCUT2D eigenvalue weighted by Gasteiger charge is -2.16. The first-order chi connectivity index (χ1) is 9.13. The first kappa shape index (κ1) is 13.8. The summed E-state index contributed by atoms with van der Waals surface area (Å²) in [6.07, 6.45) is 0.918. The van der Waals surface area contributed by atoms with Crippen molar-refractivity contribution < 1.29 is 4.74 Å². The number of nitrogens with one attached hydrogen (secondary N) is 1. The predicted octanol–water partition coefficient (Wildman–Crippen LogP) is 3.59. The maximum atomic E-state index is 5.44. The number of methoxy groups -OCH3 is 1. The minimum Gasteiger partial charge on any atom is -0.496 e. The predicted molar refractivity (Wildman–Crippen MR) is 79.1 cm³/mol. The number of aryl methyl sites for hydroxylation is 2. The molecule has 2 aromatic rings. The van der Waals surface area contributed by atoms with Gasteiger partial charge in [0.15, 0.2) is 0 Å². The van der Waals surface area contributed by atoms with Crippen molar-refractivity contribution >= 4 is 16.5 Å². The minimum atomic E-state index is 0.133. The topological polar surface area (TPSA) is 47.0 Å². The molecule has 0 aliphatic carbocycles. The number of ether oxygens (including phenoxy) is 1. The average molecular weight is 277 g/mol. The van der Waals surface area contributed by atoms with Gasteiger partial charge in [0.05, 0.1) is 13.2 Å². The van der Waals surface area contributed by atoms with Gasteiger partial charge in [0.25, 0.3) is 0 Å². The summed E-state index contributed by atoms with van der Waals surface area (Å²) in [5.74, 6) is 0.903. The molecule has 0 saturated heterocycles. The highest BCUT2D eigenvalue weighted by Gasteiger charge is 2.13. The summed E-state index contributed by atoms with van der Waals surface area (Å²) in [7, 11) is 1.70. The van der Waals surface area contributed by atoms with Gasteiger partial charge >= 0.3 is 0 Å². The summed E-state index contributed by atoms with van der Waals surface area (Å²) in [6, 6.07) is 6.36. The van der Waals surface area contributed by atoms with E-state index in [0.717, 1.165) is 27.9 Å². The van der Waals surface area contributed by atoms with Gasteiger partial charge in [-0.2, -0.15) is 0 Å². The van der Waals surface area contributed by atoms with Gasteiger partial charge in [-0.05, 0) is 31.9 Å². The van der Waals surface area contributed by atoms with Crippen molar-refractivity contribution in [2.75, 3.05) is 12.4 Å². The highest BCUT2D eigenvalue weighted by Crippen LogP contribution is 2.29. The largest absolute Gasteiger partial charge is 0.496 e. The fourth-order valence-corrected chi connectivity index (χ4v) is 2.66. The number of hydrogen-bond donors (Lipinski definition) is 1. The van der Waals surface area contributed by atoms with Crippen LogP contribution in [0.3, 0.4) is 0 Å². The first-order valence-corrected chi connectivity index (χ1v) is 7.19. The summed E-state index contributed by atoms with van der Waals surface area (Å²) in [5, 5.41) is 13.5. The minimum absolute atomic E-state index is 0.133. The van der Waals surface area contributed by atoms with Crippen LogP contribution in [-0.2, 0) is 6.42 Å². The molecule has 0 radical (unpaired) electrons. The Hall–Kier alpha value is -1.62. The van der Waals surface area contributed by atoms with Gasteiger partial charge in [0.2, 0.25) is 5.13 Å². The molecule has 0 bridgehead atoms. The smallest absolute Gasteiger partial charge is 0.206 e. The van der Waals surface area contributed by atoms with E-state index in [4.69, 9.17) is 4.74 Å². The molecule has 0 aliphatic heterocycles. The molecule has 1 aromatic heterocycles. The van der Waals surface area contributed by atoms with E-state index in [1.165, 1.54) is 5.56 Å². The van der Waals surface area contributed by atoms with E-state index in [1.54, 1.807) is 18.4 Å². The van der Waals surface area contributed by atoms with E-state index in [0.29, 0.717) is 0 Å². The Balaban J connectivity index is 2.17. The Bertz CT molecular complexity index is 553. The monoisotopic (exact) mass is 277 g/mol. The number of benzene rings is 1. The summed E-state index contributed by atoms with van der Waals surface area (Å²) >= 11 is 1.60. The third-order valence-electron chi connectivity index (χ3n) is 2.96. The molecule has 4 nitrogen and oxygen atoms in total. The standard InChI is InChI=1S/C14H19N3OS/c1-5-13-16-17-14(19-13)15-10(3)11-7-6-9(2)8-12(11)18-4/h6-8,10H,5H2,1-4H3,(H,15,17). The van der Waals surface area contributed by atoms with E-state index >= 15 is 0 Å². The van der Waals surface area contributed by atoms with Crippen LogP contribution >= 0.6 is 11.3 Å². The molecule has 1 atom stereocenters. The van der Waals surface area contributed by atoms with Crippen molar-refractivity contribution in [2.45, 2.75) is 33.2 Å². The van der Waals surface area contributed by atoms with Crippen molar-refractivity contribution in [3.05, 3.63) is 34.3 Å². The molecule has 1 N–H and O–H groups in total. The SMILES string of the molecule is CCc1nnc(NC(C)c2ccc(C)cc2OC)s1. The van der Waals surface area contributed by atoms with Crippen LogP contribution in [0.1, 0.15) is 36.0 Å². The zero-order chi connectivity index (χ0) is 13.8. The van der Waals surface area contributed by atoms with E-state index in [-0.39, 0.29) is 6.04 Å². The molecule has 1 unspecified atom stereocenters. The molecule has 5 heteroatoms. The fraction of sp³-hybridized carbons (Fsp3) is 0.429. The molecule has 0 spiro atoms. The maximum absolute atomic E-state index is 5.44. The Morgan fingerprint density at radius 1 is 1.37 bits per heavy atom. The van der Waals surface area contributed by atoms with Crippen LogP contribution in [0, 0.1) is 6.92 Å². The van der Waals surface area contributed by atoms with Crippen molar-refractivity contribution in [1.29, 1.82) is 0 Å². The Morgan fingerprint density at radius 3 is 2.79 bits per heavy atom. The Kier molecular flexibility index (Phi) is 4.37. The number of aromatic nitrogens is 2. The third-order valence-corrected chi connectivity index (χ3v) is 3.96. The van der Waals surface area contributed by atoms with E-state index in [9.17, 15) is 0 Å². The van der Waals surface area contributed by atoms with E-state index in [2.05, 4.69) is 48.4 Å². The number of hydrogen-bond acceptors (Lipinski definition) is 5. The quantitative estimate of drug-likeness (QED) is 0.907. The molecule has 0 amide bonds. The number of rotatable bonds is 5. The van der Waals surface area contributed by atoms with Crippen molar-refractivity contribution in [1.82, 2.24) is 10.2 Å². The normalized spacial score (nSPS) is 12.2. The van der Waals surface area contributed by atoms with Crippen LogP contribution in [-0.4, -0.2) is 17.3 Å². The summed E-state index contributed by atoms with van der Waals surface area (Å²) in [6.45, 7) is 6.24. The van der Waals surface area contributed by atoms with Gasteiger partial charge in [-0.1, -0.05) is 30.4 Å². The van der Waals surface area contributed by atoms with Gasteiger partial charge in [-0.3, -0.25) is 0 Å². The second-order valence-corrected chi connectivity index (χ2v) is 5.53. The first-order valence-electron chi connectivity index (χ1n) is 6.37. The Labute approximate surface area is 117 Å². The lowest BCUT2D eigenvalue weighted by Crippen LogP contribution is -2.08. The van der Waals surface area contributed by atoms with Crippen LogP contribution in [0.2, 0.25) is 0 Å². The van der Waals surface area contributed by atoms with E-state index in [1.807, 2.05) is 6.07 Å². The molecular formula is C14H19N3OS. The second kappa shape index (κ2) is 6.02. The lowest BCUT2D eigenvalue weighted by molar-refractivity contribution is 0.407. The third kappa shape index (κ3) is 3.23. The highest BCUT2D eigenvalue weighted by molar-refractivity contribution is 7.15. The van der Waals surface area contributed by atoms with Crippen LogP contribution in [0.5, 0.6) is 5.75 Å². The van der Waals surface area contributed by atoms with Crippen molar-refractivity contribution in [3.63, 3.8) is 0 Å². The fourth-order valence-electron chi connectivity index (χ4n) is 1.89. The lowest BCUT2D eigenvalue weighted by atomic mass is 10.1. The van der Waals surface area contributed by atoms with Crippen LogP contribution < -0.4 is 10.1 Å². The Morgan fingerprint density at radius 2 is 2.16 bits per heavy atom. The molecular weight excluding hydrogens is 258 g/mol. The molecule has 2 rings (SSSR count). The zero-order valence-corrected chi connectivity index (χ0v) is 12.5. The van der Waals surface area contributed by atoms with Crippen molar-refractivity contribution in [3.8, 4) is 5.75 Å². The van der Waals surface area contributed by atoms with Gasteiger partial charge in [-0.15, -0.1) is 10.2 Å². The molecule has 0 fully saturated rings. The summed E-state index contributed by atoms with van der Waals surface area (Å²) in [5.41, 5.74) is 2.32. The number of nitrogens with zero attached hydrogens (tertiary/aromatic N) is 2. The van der Waals surface area contributed by atoms with Gasteiger partial charge in [0.1, 0.15) is 10.8 Å². The number of anilines is 1. The zero-order valence-electron chi connectivity index (χ0n) is 11.7. The van der Waals surface area contributed by atoms with Gasteiger partial charge < -0.3 is 10.1 Å². The molecule has 0 aliphatic rings. The van der Waals surface area contributed by atoms with Crippen LogP contribution in [0.25, 0.3) is 0 Å². The van der Waals surface area contributed by atoms with Crippen LogP contribution in [0.15, 0.2) is 18.2 Å². The highest BCUT2D eigenvalue weighted by atomic mass is 32.1. The molecule has 1 heterocycles. The van der Waals surface area contributed by atoms with Gasteiger partial charge in [-0.25, -0.2) is 0 Å². The summed E-state index contributed by atoms with van der Waals surface area (Å²) in [4.78, 5) is 0. The maximum Gasteiger partial charge on any atom is 0.206 e. The van der Waals surface area contributed by atoms with E-state index < -0.39 is 0 Å². The summed E-state index contributed by atoms with van der Waals surface area (Å²) < 4.78 is 5.44. The average Bonchev–Trinajstić information content (AvgIpc) is 2.86. The molecule has 102 valence electrons. The van der Waals surface area contributed by atoms with Gasteiger partial charge in [0, 0.05) is 5.56 Å². The molecule has 0 saturated carbocycles. The molecule has 1 aromatic carbocycles. The second-order valence-electron chi connectivity index (χ2n) is 4.47.